The fraction of sp³-hybridized carbons (Fsp3) is 0.182. The number of furan rings is 1. The topological polar surface area (TPSA) is 68.0 Å². The second-order valence-electron chi connectivity index (χ2n) is 3.23. The third-order valence-electron chi connectivity index (χ3n) is 2.06. The Morgan fingerprint density at radius 1 is 1.38 bits per heavy atom. The lowest BCUT2D eigenvalue weighted by Gasteiger charge is -2.02. The summed E-state index contributed by atoms with van der Waals surface area (Å²) in [5, 5.41) is 2.75. The fourth-order valence-electron chi connectivity index (χ4n) is 1.27. The van der Waals surface area contributed by atoms with Crippen LogP contribution in [0.1, 0.15) is 16.1 Å². The van der Waals surface area contributed by atoms with E-state index < -0.39 is 0 Å². The van der Waals surface area contributed by atoms with Crippen LogP contribution in [0.2, 0.25) is 0 Å². The van der Waals surface area contributed by atoms with Gasteiger partial charge >= 0.3 is 0 Å². The number of carbonyl (C=O) groups is 1. The molecular weight excluding hydrogens is 206 g/mol. The molecular formula is C11H11N3O2. The minimum Gasteiger partial charge on any atom is -0.459 e. The van der Waals surface area contributed by atoms with E-state index in [0.29, 0.717) is 18.7 Å². The van der Waals surface area contributed by atoms with Gasteiger partial charge in [0.1, 0.15) is 6.33 Å². The van der Waals surface area contributed by atoms with Crippen LogP contribution in [0, 0.1) is 0 Å². The van der Waals surface area contributed by atoms with Gasteiger partial charge in [-0.15, -0.1) is 0 Å². The highest BCUT2D eigenvalue weighted by atomic mass is 16.3. The van der Waals surface area contributed by atoms with Gasteiger partial charge in [-0.25, -0.2) is 9.97 Å². The summed E-state index contributed by atoms with van der Waals surface area (Å²) in [6.07, 6.45) is 7.11. The summed E-state index contributed by atoms with van der Waals surface area (Å²) in [5.74, 6) is 0.117. The molecule has 0 saturated carbocycles. The second-order valence-corrected chi connectivity index (χ2v) is 3.23. The predicted molar refractivity (Wildman–Crippen MR) is 56.8 cm³/mol. The number of carbonyl (C=O) groups excluding carboxylic acids is 1. The molecule has 16 heavy (non-hydrogen) atoms. The molecule has 5 nitrogen and oxygen atoms in total. The van der Waals surface area contributed by atoms with Crippen LogP contribution >= 0.6 is 0 Å². The molecule has 0 aliphatic heterocycles. The van der Waals surface area contributed by atoms with Gasteiger partial charge < -0.3 is 9.73 Å². The van der Waals surface area contributed by atoms with Gasteiger partial charge in [0, 0.05) is 18.9 Å². The number of hydrogen-bond donors (Lipinski definition) is 1. The lowest BCUT2D eigenvalue weighted by atomic mass is 10.2. The van der Waals surface area contributed by atoms with E-state index in [1.807, 2.05) is 0 Å². The molecule has 2 aromatic rings. The van der Waals surface area contributed by atoms with Crippen molar-refractivity contribution >= 4 is 5.91 Å². The van der Waals surface area contributed by atoms with Gasteiger partial charge in [0.2, 0.25) is 0 Å². The average molecular weight is 217 g/mol. The van der Waals surface area contributed by atoms with Crippen molar-refractivity contribution in [1.82, 2.24) is 15.3 Å². The summed E-state index contributed by atoms with van der Waals surface area (Å²) in [6, 6.07) is 3.31. The van der Waals surface area contributed by atoms with Crippen LogP contribution in [0.4, 0.5) is 0 Å². The minimum atomic E-state index is -0.207. The molecule has 2 aromatic heterocycles. The number of hydrogen-bond acceptors (Lipinski definition) is 4. The van der Waals surface area contributed by atoms with Crippen molar-refractivity contribution in [2.45, 2.75) is 6.42 Å². The van der Waals surface area contributed by atoms with E-state index in [1.165, 1.54) is 12.6 Å². The zero-order chi connectivity index (χ0) is 11.2. The van der Waals surface area contributed by atoms with E-state index in [1.54, 1.807) is 24.5 Å². The Labute approximate surface area is 92.5 Å². The van der Waals surface area contributed by atoms with E-state index in [0.717, 1.165) is 5.56 Å². The number of amides is 1. The monoisotopic (exact) mass is 217 g/mol. The molecule has 0 aliphatic rings. The summed E-state index contributed by atoms with van der Waals surface area (Å²) in [6.45, 7) is 0.535. The van der Waals surface area contributed by atoms with Gasteiger partial charge in [0.15, 0.2) is 5.76 Å². The third kappa shape index (κ3) is 2.66. The van der Waals surface area contributed by atoms with Gasteiger partial charge in [-0.3, -0.25) is 4.79 Å². The molecule has 0 atom stereocenters. The van der Waals surface area contributed by atoms with Crippen molar-refractivity contribution in [2.24, 2.45) is 0 Å². The first-order valence-electron chi connectivity index (χ1n) is 4.92. The van der Waals surface area contributed by atoms with Crippen LogP contribution in [0.25, 0.3) is 0 Å². The van der Waals surface area contributed by atoms with Crippen LogP contribution in [0.15, 0.2) is 41.5 Å². The van der Waals surface area contributed by atoms with Crippen LogP contribution in [0.3, 0.4) is 0 Å². The van der Waals surface area contributed by atoms with Gasteiger partial charge in [-0.05, 0) is 24.1 Å². The summed E-state index contributed by atoms with van der Waals surface area (Å²) in [7, 11) is 0. The molecule has 1 N–H and O–H groups in total. The Kier molecular flexibility index (Phi) is 3.28. The van der Waals surface area contributed by atoms with Crippen LogP contribution < -0.4 is 5.32 Å². The molecule has 1 amide bonds. The molecule has 2 rings (SSSR count). The molecule has 82 valence electrons. The van der Waals surface area contributed by atoms with E-state index >= 15 is 0 Å². The molecule has 5 heteroatoms. The molecule has 0 unspecified atom stereocenters. The molecule has 0 spiro atoms. The first-order chi connectivity index (χ1) is 7.86. The molecule has 2 heterocycles. The summed E-state index contributed by atoms with van der Waals surface area (Å²) >= 11 is 0. The van der Waals surface area contributed by atoms with Crippen LogP contribution in [-0.2, 0) is 6.42 Å². The lowest BCUT2D eigenvalue weighted by Crippen LogP contribution is -2.25. The first-order valence-corrected chi connectivity index (χ1v) is 4.92. The van der Waals surface area contributed by atoms with Gasteiger partial charge in [0.25, 0.3) is 5.91 Å². The molecule has 0 fully saturated rings. The van der Waals surface area contributed by atoms with Crippen molar-refractivity contribution in [3.8, 4) is 0 Å². The van der Waals surface area contributed by atoms with E-state index in [9.17, 15) is 4.79 Å². The molecule has 0 aromatic carbocycles. The van der Waals surface area contributed by atoms with Crippen molar-refractivity contribution in [3.63, 3.8) is 0 Å². The zero-order valence-corrected chi connectivity index (χ0v) is 8.59. The molecule has 0 bridgehead atoms. The van der Waals surface area contributed by atoms with Crippen molar-refractivity contribution in [1.29, 1.82) is 0 Å². The largest absolute Gasteiger partial charge is 0.459 e. The maximum absolute atomic E-state index is 11.5. The number of nitrogens with zero attached hydrogens (tertiary/aromatic N) is 2. The Morgan fingerprint density at radius 3 is 2.88 bits per heavy atom. The van der Waals surface area contributed by atoms with Crippen molar-refractivity contribution < 1.29 is 9.21 Å². The smallest absolute Gasteiger partial charge is 0.286 e. The first kappa shape index (κ1) is 10.4. The SMILES string of the molecule is O=C(NCCc1cncnc1)c1ccco1. The zero-order valence-electron chi connectivity index (χ0n) is 8.59. The van der Waals surface area contributed by atoms with E-state index in [4.69, 9.17) is 4.42 Å². The van der Waals surface area contributed by atoms with Crippen LogP contribution in [-0.4, -0.2) is 22.4 Å². The standard InChI is InChI=1S/C11H11N3O2/c15-11(10-2-1-5-16-10)14-4-3-9-6-12-8-13-7-9/h1-2,5-8H,3-4H2,(H,14,15). The third-order valence-corrected chi connectivity index (χ3v) is 2.06. The molecule has 0 saturated heterocycles. The van der Waals surface area contributed by atoms with Crippen molar-refractivity contribution in [3.05, 3.63) is 48.4 Å². The normalized spacial score (nSPS) is 10.0. The van der Waals surface area contributed by atoms with Gasteiger partial charge in [-0.2, -0.15) is 0 Å². The number of rotatable bonds is 4. The summed E-state index contributed by atoms with van der Waals surface area (Å²) < 4.78 is 4.96. The highest BCUT2D eigenvalue weighted by molar-refractivity contribution is 5.91. The predicted octanol–water partition coefficient (Wildman–Crippen LogP) is 1.04. The highest BCUT2D eigenvalue weighted by Crippen LogP contribution is 1.99. The Hall–Kier alpha value is -2.17. The fourth-order valence-corrected chi connectivity index (χ4v) is 1.27. The molecule has 0 radical (unpaired) electrons. The van der Waals surface area contributed by atoms with E-state index in [-0.39, 0.29) is 5.91 Å². The second kappa shape index (κ2) is 5.06. The average Bonchev–Trinajstić information content (AvgIpc) is 2.84. The quantitative estimate of drug-likeness (QED) is 0.830. The van der Waals surface area contributed by atoms with Crippen molar-refractivity contribution in [2.75, 3.05) is 6.54 Å². The maximum atomic E-state index is 11.5. The number of nitrogens with one attached hydrogen (secondary N) is 1. The lowest BCUT2D eigenvalue weighted by molar-refractivity contribution is 0.0926. The summed E-state index contributed by atoms with van der Waals surface area (Å²) in [4.78, 5) is 19.2. The Bertz CT molecular complexity index is 440. The highest BCUT2D eigenvalue weighted by Gasteiger charge is 2.06. The molecule has 0 aliphatic carbocycles. The Balaban J connectivity index is 1.79. The number of aromatic nitrogens is 2. The Morgan fingerprint density at radius 2 is 2.19 bits per heavy atom. The van der Waals surface area contributed by atoms with Gasteiger partial charge in [-0.1, -0.05) is 0 Å². The maximum Gasteiger partial charge on any atom is 0.286 e. The minimum absolute atomic E-state index is 0.207. The van der Waals surface area contributed by atoms with Crippen LogP contribution in [0.5, 0.6) is 0 Å². The van der Waals surface area contributed by atoms with E-state index in [2.05, 4.69) is 15.3 Å². The summed E-state index contributed by atoms with van der Waals surface area (Å²) in [5.41, 5.74) is 0.988. The van der Waals surface area contributed by atoms with Gasteiger partial charge in [0.05, 0.1) is 6.26 Å².